The average Bonchev–Trinajstić information content (AvgIpc) is 2.25. The van der Waals surface area contributed by atoms with Crippen molar-refractivity contribution >= 4 is 49.2 Å². The van der Waals surface area contributed by atoms with Crippen LogP contribution in [0.4, 0.5) is 17.3 Å². The highest BCUT2D eigenvalue weighted by atomic mass is 79.9. The second kappa shape index (κ2) is 4.80. The van der Waals surface area contributed by atoms with Gasteiger partial charge in [0.15, 0.2) is 5.82 Å². The van der Waals surface area contributed by atoms with E-state index in [-0.39, 0.29) is 0 Å². The molecule has 0 aliphatic heterocycles. The van der Waals surface area contributed by atoms with E-state index in [1.54, 1.807) is 12.1 Å². The Labute approximate surface area is 110 Å². The molecule has 0 amide bonds. The number of nitrogens with one attached hydrogen (secondary N) is 1. The van der Waals surface area contributed by atoms with Crippen molar-refractivity contribution in [3.05, 3.63) is 39.3 Å². The fourth-order valence-electron chi connectivity index (χ4n) is 1.14. The van der Waals surface area contributed by atoms with Gasteiger partial charge in [0.05, 0.1) is 5.69 Å². The van der Waals surface area contributed by atoms with Crippen LogP contribution in [0.25, 0.3) is 0 Å². The maximum atomic E-state index is 5.45. The highest BCUT2D eigenvalue weighted by Crippen LogP contribution is 2.28. The van der Waals surface area contributed by atoms with Gasteiger partial charge in [0.25, 0.3) is 0 Å². The number of halogens is 2. The van der Waals surface area contributed by atoms with E-state index in [1.807, 2.05) is 18.2 Å². The predicted molar refractivity (Wildman–Crippen MR) is 71.6 cm³/mol. The van der Waals surface area contributed by atoms with E-state index in [1.165, 1.54) is 0 Å². The highest BCUT2D eigenvalue weighted by Gasteiger charge is 2.02. The van der Waals surface area contributed by atoms with E-state index in [0.717, 1.165) is 14.6 Å². The van der Waals surface area contributed by atoms with Gasteiger partial charge in [-0.25, -0.2) is 0 Å². The van der Waals surface area contributed by atoms with Crippen molar-refractivity contribution in [3.63, 3.8) is 0 Å². The molecule has 2 rings (SSSR count). The van der Waals surface area contributed by atoms with E-state index in [4.69, 9.17) is 5.73 Å². The van der Waals surface area contributed by atoms with Crippen molar-refractivity contribution in [2.75, 3.05) is 11.1 Å². The Morgan fingerprint density at radius 2 is 1.88 bits per heavy atom. The smallest absolute Gasteiger partial charge is 0.153 e. The number of benzene rings is 1. The summed E-state index contributed by atoms with van der Waals surface area (Å²) in [6, 6.07) is 9.30. The van der Waals surface area contributed by atoms with Crippen LogP contribution in [0, 0.1) is 0 Å². The summed E-state index contributed by atoms with van der Waals surface area (Å²) in [4.78, 5) is 0. The molecule has 0 bridgehead atoms. The summed E-state index contributed by atoms with van der Waals surface area (Å²) in [6.45, 7) is 0. The second-order valence-corrected chi connectivity index (χ2v) is 4.86. The first-order chi connectivity index (χ1) is 7.65. The fourth-order valence-corrected chi connectivity index (χ4v) is 2.28. The third-order valence-electron chi connectivity index (χ3n) is 1.88. The van der Waals surface area contributed by atoms with Crippen LogP contribution in [-0.2, 0) is 0 Å². The van der Waals surface area contributed by atoms with Crippen LogP contribution in [-0.4, -0.2) is 10.2 Å². The molecule has 0 saturated carbocycles. The summed E-state index contributed by atoms with van der Waals surface area (Å²) < 4.78 is 1.95. The van der Waals surface area contributed by atoms with E-state index >= 15 is 0 Å². The lowest BCUT2D eigenvalue weighted by atomic mass is 10.3. The third kappa shape index (κ3) is 2.70. The minimum atomic E-state index is 0.403. The van der Waals surface area contributed by atoms with Gasteiger partial charge in [-0.1, -0.05) is 15.9 Å². The molecule has 6 heteroatoms. The fraction of sp³-hybridized carbons (Fsp3) is 0. The first-order valence-corrected chi connectivity index (χ1v) is 6.05. The maximum Gasteiger partial charge on any atom is 0.153 e. The second-order valence-electron chi connectivity index (χ2n) is 3.09. The molecule has 2 aromatic rings. The lowest BCUT2D eigenvalue weighted by Crippen LogP contribution is -1.98. The molecule has 0 fully saturated rings. The Morgan fingerprint density at radius 3 is 2.50 bits per heavy atom. The minimum Gasteiger partial charge on any atom is -0.382 e. The third-order valence-corrected chi connectivity index (χ3v) is 3.03. The summed E-state index contributed by atoms with van der Waals surface area (Å²) >= 11 is 6.84. The Hall–Kier alpha value is -1.14. The number of nitrogens with zero attached hydrogens (tertiary/aromatic N) is 2. The van der Waals surface area contributed by atoms with Gasteiger partial charge >= 0.3 is 0 Å². The molecule has 0 unspecified atom stereocenters. The molecule has 0 radical (unpaired) electrons. The summed E-state index contributed by atoms with van der Waals surface area (Å²) in [6.07, 6.45) is 0. The van der Waals surface area contributed by atoms with E-state index in [2.05, 4.69) is 47.4 Å². The van der Waals surface area contributed by atoms with Crippen LogP contribution < -0.4 is 11.1 Å². The van der Waals surface area contributed by atoms with Crippen molar-refractivity contribution < 1.29 is 0 Å². The molecule has 1 heterocycles. The summed E-state index contributed by atoms with van der Waals surface area (Å²) in [5.41, 5.74) is 6.37. The van der Waals surface area contributed by atoms with Crippen LogP contribution in [0.15, 0.2) is 39.3 Å². The predicted octanol–water partition coefficient (Wildman–Crippen LogP) is 3.33. The van der Waals surface area contributed by atoms with Crippen molar-refractivity contribution in [2.45, 2.75) is 0 Å². The van der Waals surface area contributed by atoms with Gasteiger partial charge in [-0.3, -0.25) is 0 Å². The van der Waals surface area contributed by atoms with Gasteiger partial charge in [-0.2, -0.15) is 0 Å². The Balaban J connectivity index is 2.23. The molecule has 16 heavy (non-hydrogen) atoms. The number of hydrogen-bond acceptors (Lipinski definition) is 4. The Bertz CT molecular complexity index is 499. The van der Waals surface area contributed by atoms with Crippen molar-refractivity contribution in [1.29, 1.82) is 0 Å². The summed E-state index contributed by atoms with van der Waals surface area (Å²) in [7, 11) is 0. The molecule has 0 aliphatic carbocycles. The molecule has 82 valence electrons. The topological polar surface area (TPSA) is 63.8 Å². The minimum absolute atomic E-state index is 0.403. The van der Waals surface area contributed by atoms with Crippen LogP contribution in [0.1, 0.15) is 0 Å². The summed E-state index contributed by atoms with van der Waals surface area (Å²) in [5.74, 6) is 1.05. The molecule has 3 N–H and O–H groups in total. The van der Waals surface area contributed by atoms with Gasteiger partial charge in [-0.15, -0.1) is 10.2 Å². The lowest BCUT2D eigenvalue weighted by Gasteiger charge is -2.07. The monoisotopic (exact) mass is 342 g/mol. The normalized spacial score (nSPS) is 10.1. The number of hydrogen-bond donors (Lipinski definition) is 2. The molecular formula is C10H8Br2N4. The Morgan fingerprint density at radius 1 is 1.06 bits per heavy atom. The van der Waals surface area contributed by atoms with Crippen LogP contribution >= 0.6 is 31.9 Å². The lowest BCUT2D eigenvalue weighted by molar-refractivity contribution is 1.05. The molecular weight excluding hydrogens is 336 g/mol. The first-order valence-electron chi connectivity index (χ1n) is 4.46. The van der Waals surface area contributed by atoms with Gasteiger partial charge in [0, 0.05) is 8.95 Å². The zero-order chi connectivity index (χ0) is 11.5. The summed E-state index contributed by atoms with van der Waals surface area (Å²) in [5, 5.41) is 10.8. The maximum absolute atomic E-state index is 5.45. The number of nitrogen functional groups attached to an aromatic ring is 1. The van der Waals surface area contributed by atoms with E-state index in [0.29, 0.717) is 11.6 Å². The van der Waals surface area contributed by atoms with Gasteiger partial charge < -0.3 is 11.1 Å². The molecule has 1 aromatic heterocycles. The highest BCUT2D eigenvalue weighted by molar-refractivity contribution is 9.11. The van der Waals surface area contributed by atoms with Crippen molar-refractivity contribution in [3.8, 4) is 0 Å². The quantitative estimate of drug-likeness (QED) is 0.877. The van der Waals surface area contributed by atoms with E-state index < -0.39 is 0 Å². The first kappa shape index (κ1) is 11.3. The van der Waals surface area contributed by atoms with Crippen molar-refractivity contribution in [2.24, 2.45) is 0 Å². The number of aromatic nitrogens is 2. The Kier molecular flexibility index (Phi) is 3.40. The molecule has 0 saturated heterocycles. The van der Waals surface area contributed by atoms with Crippen LogP contribution in [0.3, 0.4) is 0 Å². The van der Waals surface area contributed by atoms with Gasteiger partial charge in [-0.05, 0) is 46.3 Å². The van der Waals surface area contributed by atoms with E-state index in [9.17, 15) is 0 Å². The number of rotatable bonds is 2. The molecule has 0 aliphatic rings. The SMILES string of the molecule is Nc1ccc(Nc2ccc(Br)cc2Br)nn1. The molecule has 0 spiro atoms. The molecule has 4 nitrogen and oxygen atoms in total. The van der Waals surface area contributed by atoms with Gasteiger partial charge in [0.1, 0.15) is 5.82 Å². The van der Waals surface area contributed by atoms with Gasteiger partial charge in [0.2, 0.25) is 0 Å². The molecule has 0 atom stereocenters. The van der Waals surface area contributed by atoms with Crippen LogP contribution in [0.5, 0.6) is 0 Å². The number of anilines is 3. The number of nitrogens with two attached hydrogens (primary N) is 1. The zero-order valence-electron chi connectivity index (χ0n) is 8.11. The van der Waals surface area contributed by atoms with Crippen LogP contribution in [0.2, 0.25) is 0 Å². The largest absolute Gasteiger partial charge is 0.382 e. The average molecular weight is 344 g/mol. The zero-order valence-corrected chi connectivity index (χ0v) is 11.3. The van der Waals surface area contributed by atoms with Crippen molar-refractivity contribution in [1.82, 2.24) is 10.2 Å². The molecule has 1 aromatic carbocycles. The standard InChI is InChI=1S/C10H8Br2N4/c11-6-1-2-8(7(12)5-6)14-10-4-3-9(13)15-16-10/h1-5H,(H2,13,15)(H,14,16).